The number of nitrogens with zero attached hydrogens (tertiary/aromatic N) is 6. The van der Waals surface area contributed by atoms with E-state index in [0.717, 1.165) is 67.4 Å². The Balaban J connectivity index is 1.07. The number of carboxylic acids is 1. The molecule has 0 bridgehead atoms. The average Bonchev–Trinajstić information content (AvgIpc) is 3.33. The van der Waals surface area contributed by atoms with E-state index in [1.807, 2.05) is 42.5 Å². The fraction of sp³-hybridized carbons (Fsp3) is 0.355. The summed E-state index contributed by atoms with van der Waals surface area (Å²) in [6.45, 7) is 5.70. The quantitative estimate of drug-likeness (QED) is 0.342. The topological polar surface area (TPSA) is 113 Å². The van der Waals surface area contributed by atoms with Gasteiger partial charge in [-0.15, -0.1) is 0 Å². The van der Waals surface area contributed by atoms with E-state index in [9.17, 15) is 14.7 Å². The second-order valence-corrected chi connectivity index (χ2v) is 10.9. The largest absolute Gasteiger partial charge is 0.480 e. The van der Waals surface area contributed by atoms with Crippen molar-refractivity contribution in [2.75, 3.05) is 49.2 Å². The Hall–Kier alpha value is -4.48. The molecule has 216 valence electrons. The first-order valence-electron chi connectivity index (χ1n) is 14.3. The molecule has 0 radical (unpaired) electrons. The molecule has 4 aromatic rings. The van der Waals surface area contributed by atoms with Gasteiger partial charge in [-0.3, -0.25) is 14.6 Å². The molecule has 11 heteroatoms. The van der Waals surface area contributed by atoms with E-state index in [0.29, 0.717) is 31.2 Å². The summed E-state index contributed by atoms with van der Waals surface area (Å²) >= 11 is 0. The first-order valence-corrected chi connectivity index (χ1v) is 14.3. The fourth-order valence-corrected chi connectivity index (χ4v) is 5.77. The number of carbonyl (C=O) groups excluding carboxylic acids is 1. The minimum Gasteiger partial charge on any atom is -0.480 e. The number of anilines is 2. The Bertz CT molecular complexity index is 1630. The predicted octanol–water partition coefficient (Wildman–Crippen LogP) is 3.17. The van der Waals surface area contributed by atoms with Crippen LogP contribution in [-0.2, 0) is 29.2 Å². The molecule has 1 N–H and O–H groups in total. The molecular formula is C31H32N6O5. The minimum absolute atomic E-state index is 0.00873. The maximum absolute atomic E-state index is 12.8. The van der Waals surface area contributed by atoms with Gasteiger partial charge in [0.15, 0.2) is 18.2 Å². The van der Waals surface area contributed by atoms with Crippen molar-refractivity contribution in [1.29, 1.82) is 0 Å². The summed E-state index contributed by atoms with van der Waals surface area (Å²) in [7, 11) is 0. The SMILES string of the molecule is O=C(O)c1ccc2nc(CN3CCN(c4ccc5c(n4)N(Cc4ccccc4)C(=O)CO5)CC3)n(C[C@@H]3CCO3)c2c1. The van der Waals surface area contributed by atoms with Gasteiger partial charge < -0.3 is 24.0 Å². The van der Waals surface area contributed by atoms with Crippen LogP contribution in [0.5, 0.6) is 5.75 Å². The third-order valence-electron chi connectivity index (χ3n) is 8.23. The van der Waals surface area contributed by atoms with Crippen molar-refractivity contribution in [1.82, 2.24) is 19.4 Å². The standard InChI is InChI=1S/C31H32N6O5/c38-29-20-42-26-8-9-27(33-30(26)37(29)17-21-4-2-1-3-5-21)35-13-11-34(12-14-35)19-28-32-24-7-6-22(31(39)40)16-25(24)36(28)18-23-10-15-41-23/h1-9,16,23H,10-15,17-20H2,(H,39,40)/t23-/m0/s1. The van der Waals surface area contributed by atoms with Crippen molar-refractivity contribution in [2.45, 2.75) is 32.2 Å². The number of rotatable bonds is 8. The van der Waals surface area contributed by atoms with E-state index in [1.165, 1.54) is 0 Å². The van der Waals surface area contributed by atoms with Gasteiger partial charge in [-0.05, 0) is 42.3 Å². The van der Waals surface area contributed by atoms with Gasteiger partial charge in [0.05, 0.1) is 42.3 Å². The molecule has 0 spiro atoms. The second-order valence-electron chi connectivity index (χ2n) is 10.9. The summed E-state index contributed by atoms with van der Waals surface area (Å²) in [5.74, 6) is 1.86. The molecule has 2 aromatic heterocycles. The number of piperazine rings is 1. The normalized spacial score (nSPS) is 19.0. The van der Waals surface area contributed by atoms with Gasteiger partial charge in [0.1, 0.15) is 11.6 Å². The zero-order valence-corrected chi connectivity index (χ0v) is 23.2. The number of ether oxygens (including phenoxy) is 2. The van der Waals surface area contributed by atoms with Crippen molar-refractivity contribution >= 4 is 34.5 Å². The lowest BCUT2D eigenvalue weighted by atomic mass is 10.1. The van der Waals surface area contributed by atoms with E-state index < -0.39 is 5.97 Å². The smallest absolute Gasteiger partial charge is 0.335 e. The summed E-state index contributed by atoms with van der Waals surface area (Å²) < 4.78 is 13.5. The highest BCUT2D eigenvalue weighted by molar-refractivity contribution is 5.97. The molecule has 42 heavy (non-hydrogen) atoms. The molecule has 1 amide bonds. The molecule has 11 nitrogen and oxygen atoms in total. The zero-order valence-electron chi connectivity index (χ0n) is 23.2. The van der Waals surface area contributed by atoms with Crippen molar-refractivity contribution in [3.63, 3.8) is 0 Å². The fourth-order valence-electron chi connectivity index (χ4n) is 5.77. The van der Waals surface area contributed by atoms with Gasteiger partial charge in [0.2, 0.25) is 0 Å². The lowest BCUT2D eigenvalue weighted by Gasteiger charge is -2.36. The first-order chi connectivity index (χ1) is 20.5. The van der Waals surface area contributed by atoms with E-state index in [4.69, 9.17) is 19.4 Å². The maximum atomic E-state index is 12.8. The van der Waals surface area contributed by atoms with Crippen LogP contribution in [0, 0.1) is 0 Å². The Morgan fingerprint density at radius 3 is 2.52 bits per heavy atom. The highest BCUT2D eigenvalue weighted by Gasteiger charge is 2.29. The van der Waals surface area contributed by atoms with E-state index in [2.05, 4.69) is 14.4 Å². The third-order valence-corrected chi connectivity index (χ3v) is 8.23. The van der Waals surface area contributed by atoms with Gasteiger partial charge in [0.25, 0.3) is 5.91 Å². The predicted molar refractivity (Wildman–Crippen MR) is 156 cm³/mol. The van der Waals surface area contributed by atoms with Crippen LogP contribution in [0.25, 0.3) is 11.0 Å². The number of aromatic carboxylic acids is 1. The monoisotopic (exact) mass is 568 g/mol. The van der Waals surface area contributed by atoms with Crippen LogP contribution >= 0.6 is 0 Å². The second kappa shape index (κ2) is 11.1. The Morgan fingerprint density at radius 2 is 1.79 bits per heavy atom. The molecule has 3 aliphatic rings. The van der Waals surface area contributed by atoms with Crippen LogP contribution in [0.2, 0.25) is 0 Å². The maximum Gasteiger partial charge on any atom is 0.335 e. The molecule has 2 aromatic carbocycles. The Labute approximate surface area is 242 Å². The third kappa shape index (κ3) is 5.17. The molecule has 0 saturated carbocycles. The Morgan fingerprint density at radius 1 is 0.976 bits per heavy atom. The first kappa shape index (κ1) is 26.4. The van der Waals surface area contributed by atoms with Crippen LogP contribution in [0.4, 0.5) is 11.6 Å². The van der Waals surface area contributed by atoms with E-state index >= 15 is 0 Å². The van der Waals surface area contributed by atoms with Crippen molar-refractivity contribution < 1.29 is 24.2 Å². The number of hydrogen-bond donors (Lipinski definition) is 1. The molecule has 3 aliphatic heterocycles. The van der Waals surface area contributed by atoms with Gasteiger partial charge >= 0.3 is 5.97 Å². The van der Waals surface area contributed by atoms with Crippen molar-refractivity contribution in [3.05, 3.63) is 77.6 Å². The molecule has 0 aliphatic carbocycles. The van der Waals surface area contributed by atoms with Crippen molar-refractivity contribution in [2.24, 2.45) is 0 Å². The number of pyridine rings is 1. The number of carboxylic acid groups (broad SMARTS) is 1. The molecule has 5 heterocycles. The van der Waals surface area contributed by atoms with Crippen molar-refractivity contribution in [3.8, 4) is 5.75 Å². The lowest BCUT2D eigenvalue weighted by Crippen LogP contribution is -2.47. The lowest BCUT2D eigenvalue weighted by molar-refractivity contribution is -0.121. The number of carbonyl (C=O) groups is 2. The van der Waals surface area contributed by atoms with Crippen LogP contribution < -0.4 is 14.5 Å². The highest BCUT2D eigenvalue weighted by Crippen LogP contribution is 2.34. The Kier molecular flexibility index (Phi) is 6.96. The number of hydrogen-bond acceptors (Lipinski definition) is 8. The van der Waals surface area contributed by atoms with Crippen LogP contribution in [0.15, 0.2) is 60.7 Å². The summed E-state index contributed by atoms with van der Waals surface area (Å²) in [5, 5.41) is 9.52. The summed E-state index contributed by atoms with van der Waals surface area (Å²) in [6.07, 6.45) is 1.11. The van der Waals surface area contributed by atoms with Gasteiger partial charge in [0, 0.05) is 32.8 Å². The number of aromatic nitrogens is 3. The number of fused-ring (bicyclic) bond motifs is 2. The van der Waals surface area contributed by atoms with E-state index in [-0.39, 0.29) is 24.2 Å². The van der Waals surface area contributed by atoms with Crippen LogP contribution in [0.3, 0.4) is 0 Å². The van der Waals surface area contributed by atoms with Crippen LogP contribution in [-0.4, -0.2) is 81.9 Å². The molecular weight excluding hydrogens is 536 g/mol. The number of amides is 1. The number of benzene rings is 2. The molecule has 7 rings (SSSR count). The minimum atomic E-state index is -0.947. The molecule has 1 atom stereocenters. The van der Waals surface area contributed by atoms with Gasteiger partial charge in [-0.1, -0.05) is 30.3 Å². The summed E-state index contributed by atoms with van der Waals surface area (Å²) in [6, 6.07) is 18.9. The molecule has 2 fully saturated rings. The number of imidazole rings is 1. The highest BCUT2D eigenvalue weighted by atomic mass is 16.5. The average molecular weight is 569 g/mol. The summed E-state index contributed by atoms with van der Waals surface area (Å²) in [5.41, 5.74) is 2.91. The summed E-state index contributed by atoms with van der Waals surface area (Å²) in [4.78, 5) is 40.5. The van der Waals surface area contributed by atoms with Gasteiger partial charge in [-0.25, -0.2) is 14.8 Å². The van der Waals surface area contributed by atoms with Gasteiger partial charge in [-0.2, -0.15) is 0 Å². The zero-order chi connectivity index (χ0) is 28.6. The molecule has 2 saturated heterocycles. The van der Waals surface area contributed by atoms with Crippen LogP contribution in [0.1, 0.15) is 28.2 Å². The molecule has 0 unspecified atom stereocenters. The van der Waals surface area contributed by atoms with E-state index in [1.54, 1.807) is 23.1 Å².